The monoisotopic (exact) mass is 614 g/mol. The van der Waals surface area contributed by atoms with Gasteiger partial charge in [0.25, 0.3) is 0 Å². The summed E-state index contributed by atoms with van der Waals surface area (Å²) in [7, 11) is -5.10. The van der Waals surface area contributed by atoms with E-state index < -0.39 is 44.6 Å². The molecule has 0 heterocycles. The van der Waals surface area contributed by atoms with E-state index in [2.05, 4.69) is 0 Å². The third kappa shape index (κ3) is 7.61. The van der Waals surface area contributed by atoms with Gasteiger partial charge in [0.2, 0.25) is 0 Å². The summed E-state index contributed by atoms with van der Waals surface area (Å²) >= 11 is 0.332. The van der Waals surface area contributed by atoms with Crippen LogP contribution in [0.3, 0.4) is 0 Å². The van der Waals surface area contributed by atoms with Crippen molar-refractivity contribution >= 4 is 47.7 Å². The maximum atomic E-state index is 13.0. The Morgan fingerprint density at radius 2 is 1.02 bits per heavy atom. The number of phosphoric acid groups is 1. The summed E-state index contributed by atoms with van der Waals surface area (Å²) in [5.74, 6) is -2.89. The maximum absolute atomic E-state index is 13.0. The van der Waals surface area contributed by atoms with Gasteiger partial charge in [-0.1, -0.05) is 0 Å². The van der Waals surface area contributed by atoms with Crippen LogP contribution in [0.5, 0.6) is 11.5 Å². The molecule has 0 spiro atoms. The van der Waals surface area contributed by atoms with Crippen molar-refractivity contribution in [3.8, 4) is 11.5 Å². The summed E-state index contributed by atoms with van der Waals surface area (Å²) in [6, 6.07) is 3.06. The molecule has 11 heteroatoms. The number of hydrogen-bond acceptors (Lipinski definition) is 5. The van der Waals surface area contributed by atoms with E-state index >= 15 is 0 Å². The number of carboxylic acids is 2. The van der Waals surface area contributed by atoms with Gasteiger partial charge in [-0.05, 0) is 0 Å². The molecule has 0 aromatic heterocycles. The summed E-state index contributed by atoms with van der Waals surface area (Å²) < 4.78 is 16.7. The summed E-state index contributed by atoms with van der Waals surface area (Å²) in [5, 5.41) is 32.4. The van der Waals surface area contributed by atoms with Crippen molar-refractivity contribution in [3.05, 3.63) is 56.6 Å². The Balaban J connectivity index is 3.33. The molecule has 0 aliphatic heterocycles. The number of carboxylic acid groups (broad SMARTS) is 2. The summed E-state index contributed by atoms with van der Waals surface area (Å²) in [5.41, 5.74) is -0.770. The van der Waals surface area contributed by atoms with Gasteiger partial charge >= 0.3 is 268 Å². The fraction of sp³-hybridized carbons (Fsp3) is 0.548. The van der Waals surface area contributed by atoms with Gasteiger partial charge in [0, 0.05) is 0 Å². The van der Waals surface area contributed by atoms with E-state index in [1.54, 1.807) is 26.8 Å². The molecule has 0 fully saturated rings. The number of aromatic hydroxyl groups is 1. The fourth-order valence-corrected chi connectivity index (χ4v) is 7.28. The molecule has 1 unspecified atom stereocenters. The van der Waals surface area contributed by atoms with Gasteiger partial charge in [0.05, 0.1) is 0 Å². The molecule has 9 nitrogen and oxygen atoms in total. The first-order valence-electron chi connectivity index (χ1n) is 13.9. The second-order valence-corrected chi connectivity index (χ2v) is 17.4. The van der Waals surface area contributed by atoms with E-state index in [0.717, 1.165) is 0 Å². The van der Waals surface area contributed by atoms with Crippen LogP contribution in [0.25, 0.3) is 0 Å². The minimum atomic E-state index is -5.10. The molecule has 0 saturated carbocycles. The number of phosphoric ester groups is 1. The van der Waals surface area contributed by atoms with Crippen molar-refractivity contribution < 1.29 is 43.8 Å². The van der Waals surface area contributed by atoms with Crippen LogP contribution >= 0.6 is 7.82 Å². The topological polar surface area (TPSA) is 162 Å². The molecule has 2 aromatic rings. The third-order valence-electron chi connectivity index (χ3n) is 7.24. The van der Waals surface area contributed by atoms with Crippen LogP contribution in [0.2, 0.25) is 0 Å². The molecular weight excluding hydrogens is 570 g/mol. The predicted molar refractivity (Wildman–Crippen MR) is 164 cm³/mol. The Kier molecular flexibility index (Phi) is 10.0. The number of phenols is 1. The summed E-state index contributed by atoms with van der Waals surface area (Å²) in [6.07, 6.45) is 0. The average molecular weight is 615 g/mol. The van der Waals surface area contributed by atoms with Crippen LogP contribution in [0.4, 0.5) is 0 Å². The van der Waals surface area contributed by atoms with E-state index in [0.29, 0.717) is 55.7 Å². The Labute approximate surface area is 266 Å². The van der Waals surface area contributed by atoms with Gasteiger partial charge < -0.3 is 0 Å². The van der Waals surface area contributed by atoms with Gasteiger partial charge in [-0.25, -0.2) is 0 Å². The van der Waals surface area contributed by atoms with E-state index in [4.69, 9.17) is 4.52 Å². The van der Waals surface area contributed by atoms with Crippen molar-refractivity contribution in [2.45, 2.75) is 108 Å². The Morgan fingerprint density at radius 1 is 0.690 bits per heavy atom. The summed E-state index contributed by atoms with van der Waals surface area (Å²) in [4.78, 5) is 45.5. The SMILES string of the molecule is CC(C)(C)c1c(O)cc([CH]([Na])c2cc(OP(=O)(O)O)c(C(C)(C)C)c(C(=O)O)c2C(C)(C)C)c(C(C)(C)C)c1C(=O)O. The fourth-order valence-electron chi connectivity index (χ4n) is 5.97. The molecule has 0 amide bonds. The van der Waals surface area contributed by atoms with E-state index in [-0.39, 0.29) is 28.2 Å². The molecule has 42 heavy (non-hydrogen) atoms. The molecule has 0 radical (unpaired) electrons. The molecule has 0 aliphatic carbocycles. The first kappa shape index (κ1) is 36.3. The molecule has 5 N–H and O–H groups in total. The molecule has 2 aromatic carbocycles. The molecule has 2 rings (SSSR count). The van der Waals surface area contributed by atoms with Gasteiger partial charge in [-0.3, -0.25) is 0 Å². The van der Waals surface area contributed by atoms with Crippen LogP contribution in [0.15, 0.2) is 12.1 Å². The number of benzene rings is 2. The zero-order valence-corrected chi connectivity index (χ0v) is 29.9. The molecular formula is C31H44NaO9P. The van der Waals surface area contributed by atoms with Crippen LogP contribution in [0, 0.1) is 0 Å². The van der Waals surface area contributed by atoms with Crippen molar-refractivity contribution in [2.24, 2.45) is 0 Å². The predicted octanol–water partition coefficient (Wildman–Crippen LogP) is 6.71. The van der Waals surface area contributed by atoms with Crippen molar-refractivity contribution in [2.75, 3.05) is 0 Å². The standard InChI is InChI=1S/C31H44O9P.Na/c1-28(2,3)22-16(14-18(32)24(30(7,8)9)20(22)26(33)34)13-17-15-19(40-41(37,38)39)25(31(10,11)12)21(27(35)36)23(17)29(4,5)6;/h13-15,32H,1-12H3,(H,33,34)(H,35,36)(H2,37,38,39);. The second kappa shape index (κ2) is 11.6. The van der Waals surface area contributed by atoms with E-state index in [1.807, 2.05) is 62.3 Å². The number of phenolic OH excluding ortho intramolecular Hbond substituents is 1. The zero-order valence-electron chi connectivity index (χ0n) is 27.0. The molecule has 0 aliphatic rings. The molecule has 0 bridgehead atoms. The zero-order chi connectivity index (χ0) is 33.1. The number of carbonyl (C=O) groups is 2. The average Bonchev–Trinajstić information content (AvgIpc) is 2.72. The van der Waals surface area contributed by atoms with Crippen LogP contribution < -0.4 is 4.52 Å². The van der Waals surface area contributed by atoms with Crippen molar-refractivity contribution in [3.63, 3.8) is 0 Å². The van der Waals surface area contributed by atoms with Gasteiger partial charge in [0.15, 0.2) is 0 Å². The Bertz CT molecular complexity index is 1460. The van der Waals surface area contributed by atoms with Crippen molar-refractivity contribution in [1.29, 1.82) is 0 Å². The van der Waals surface area contributed by atoms with Gasteiger partial charge in [-0.2, -0.15) is 0 Å². The molecule has 0 saturated heterocycles. The van der Waals surface area contributed by atoms with E-state index in [1.165, 1.54) is 6.07 Å². The Hall–Kier alpha value is -1.87. The van der Waals surface area contributed by atoms with Crippen LogP contribution in [0.1, 0.15) is 140 Å². The van der Waals surface area contributed by atoms with Crippen LogP contribution in [-0.4, -0.2) is 65.0 Å². The number of rotatable bonds is 6. The first-order valence-corrected chi connectivity index (χ1v) is 16.5. The van der Waals surface area contributed by atoms with Crippen LogP contribution in [-0.2, 0) is 26.2 Å². The first-order chi connectivity index (χ1) is 18.5. The number of hydrogen-bond donors (Lipinski definition) is 5. The molecule has 1 atom stereocenters. The van der Waals surface area contributed by atoms with Crippen molar-refractivity contribution in [1.82, 2.24) is 0 Å². The Morgan fingerprint density at radius 3 is 1.33 bits per heavy atom. The van der Waals surface area contributed by atoms with Gasteiger partial charge in [-0.15, -0.1) is 0 Å². The van der Waals surface area contributed by atoms with E-state index in [9.17, 15) is 39.3 Å². The number of aromatic carboxylic acids is 2. The molecule has 228 valence electrons. The minimum absolute atomic E-state index is 0.000352. The normalized spacial score (nSPS) is 14.1. The second-order valence-electron chi connectivity index (χ2n) is 15.1. The third-order valence-corrected chi connectivity index (χ3v) is 8.92. The quantitative estimate of drug-likeness (QED) is 0.176. The summed E-state index contributed by atoms with van der Waals surface area (Å²) in [6.45, 7) is 21.9. The van der Waals surface area contributed by atoms with Gasteiger partial charge in [0.1, 0.15) is 0 Å².